The van der Waals surface area contributed by atoms with Crippen LogP contribution in [0.4, 0.5) is 0 Å². The second-order valence-corrected chi connectivity index (χ2v) is 5.47. The van der Waals surface area contributed by atoms with Crippen molar-refractivity contribution in [2.75, 3.05) is 0 Å². The number of rotatable bonds is 7. The molecule has 1 N–H and O–H groups in total. The van der Waals surface area contributed by atoms with Gasteiger partial charge in [-0.1, -0.05) is 46.0 Å². The Morgan fingerprint density at radius 3 is 2.85 bits per heavy atom. The minimum Gasteiger partial charge on any atom is -0.310 e. The van der Waals surface area contributed by atoms with Crippen molar-refractivity contribution in [3.8, 4) is 0 Å². The highest BCUT2D eigenvalue weighted by Gasteiger charge is 2.15. The molecule has 0 spiro atoms. The SMILES string of the molecule is CCCCCC(CC)Cc1nc(C)c2c(=O)[nH]cnn12. The van der Waals surface area contributed by atoms with Crippen molar-refractivity contribution in [3.05, 3.63) is 28.2 Å². The molecule has 0 aliphatic heterocycles. The third kappa shape index (κ3) is 3.08. The Morgan fingerprint density at radius 1 is 1.35 bits per heavy atom. The number of nitrogens with zero attached hydrogens (tertiary/aromatic N) is 3. The summed E-state index contributed by atoms with van der Waals surface area (Å²) in [5.74, 6) is 1.53. The molecule has 2 aromatic heterocycles. The molecular weight excluding hydrogens is 252 g/mol. The summed E-state index contributed by atoms with van der Waals surface area (Å²) in [5, 5.41) is 4.25. The first-order valence-corrected chi connectivity index (χ1v) is 7.59. The lowest BCUT2D eigenvalue weighted by Gasteiger charge is -2.13. The molecule has 20 heavy (non-hydrogen) atoms. The van der Waals surface area contributed by atoms with Crippen molar-refractivity contribution < 1.29 is 0 Å². The Morgan fingerprint density at radius 2 is 2.15 bits per heavy atom. The summed E-state index contributed by atoms with van der Waals surface area (Å²) in [6.07, 6.45) is 8.51. The van der Waals surface area contributed by atoms with Crippen LogP contribution in [0.3, 0.4) is 0 Å². The van der Waals surface area contributed by atoms with E-state index in [-0.39, 0.29) is 5.56 Å². The third-order valence-corrected chi connectivity index (χ3v) is 3.94. The lowest BCUT2D eigenvalue weighted by atomic mass is 9.95. The Bertz CT molecular complexity index is 614. The van der Waals surface area contributed by atoms with Gasteiger partial charge in [-0.05, 0) is 12.8 Å². The van der Waals surface area contributed by atoms with E-state index in [1.54, 1.807) is 4.52 Å². The molecule has 0 fully saturated rings. The summed E-state index contributed by atoms with van der Waals surface area (Å²) in [7, 11) is 0. The molecule has 1 atom stereocenters. The largest absolute Gasteiger partial charge is 0.310 e. The third-order valence-electron chi connectivity index (χ3n) is 3.94. The maximum absolute atomic E-state index is 11.8. The summed E-state index contributed by atoms with van der Waals surface area (Å²) in [6.45, 7) is 6.32. The zero-order valence-electron chi connectivity index (χ0n) is 12.6. The fourth-order valence-electron chi connectivity index (χ4n) is 2.70. The van der Waals surface area contributed by atoms with E-state index in [2.05, 4.69) is 28.9 Å². The molecule has 2 heterocycles. The fraction of sp³-hybridized carbons (Fsp3) is 0.667. The first-order chi connectivity index (χ1) is 9.67. The van der Waals surface area contributed by atoms with Crippen LogP contribution >= 0.6 is 0 Å². The number of imidazole rings is 1. The maximum Gasteiger partial charge on any atom is 0.277 e. The summed E-state index contributed by atoms with van der Waals surface area (Å²) in [4.78, 5) is 19.0. The lowest BCUT2D eigenvalue weighted by Crippen LogP contribution is -2.14. The van der Waals surface area contributed by atoms with Crippen molar-refractivity contribution in [2.45, 2.75) is 59.3 Å². The van der Waals surface area contributed by atoms with Crippen LogP contribution in [0, 0.1) is 12.8 Å². The van der Waals surface area contributed by atoms with Gasteiger partial charge in [-0.15, -0.1) is 0 Å². The van der Waals surface area contributed by atoms with Crippen LogP contribution in [-0.4, -0.2) is 19.6 Å². The van der Waals surface area contributed by atoms with E-state index in [0.29, 0.717) is 11.4 Å². The van der Waals surface area contributed by atoms with Gasteiger partial charge in [0.05, 0.1) is 5.69 Å². The van der Waals surface area contributed by atoms with Gasteiger partial charge in [0, 0.05) is 6.42 Å². The zero-order chi connectivity index (χ0) is 14.5. The number of hydrogen-bond acceptors (Lipinski definition) is 3. The number of aromatic nitrogens is 4. The van der Waals surface area contributed by atoms with Crippen molar-refractivity contribution in [3.63, 3.8) is 0 Å². The van der Waals surface area contributed by atoms with Crippen LogP contribution in [0.1, 0.15) is 57.5 Å². The summed E-state index contributed by atoms with van der Waals surface area (Å²) >= 11 is 0. The van der Waals surface area contributed by atoms with Gasteiger partial charge in [0.15, 0.2) is 5.52 Å². The Kier molecular flexibility index (Phi) is 4.93. The summed E-state index contributed by atoms with van der Waals surface area (Å²) in [6, 6.07) is 0. The van der Waals surface area contributed by atoms with E-state index in [9.17, 15) is 4.79 Å². The Balaban J connectivity index is 2.20. The van der Waals surface area contributed by atoms with E-state index in [4.69, 9.17) is 0 Å². The Labute approximate surface area is 119 Å². The number of aryl methyl sites for hydroxylation is 1. The van der Waals surface area contributed by atoms with Crippen molar-refractivity contribution >= 4 is 5.52 Å². The predicted molar refractivity (Wildman–Crippen MR) is 80.0 cm³/mol. The van der Waals surface area contributed by atoms with E-state index < -0.39 is 0 Å². The maximum atomic E-state index is 11.8. The van der Waals surface area contributed by atoms with Gasteiger partial charge in [-0.3, -0.25) is 4.79 Å². The monoisotopic (exact) mass is 276 g/mol. The first-order valence-electron chi connectivity index (χ1n) is 7.59. The summed E-state index contributed by atoms with van der Waals surface area (Å²) in [5.41, 5.74) is 1.22. The van der Waals surface area contributed by atoms with Gasteiger partial charge in [-0.25, -0.2) is 9.50 Å². The number of aromatic amines is 1. The van der Waals surface area contributed by atoms with Gasteiger partial charge < -0.3 is 4.98 Å². The van der Waals surface area contributed by atoms with Crippen molar-refractivity contribution in [2.24, 2.45) is 5.92 Å². The fourth-order valence-corrected chi connectivity index (χ4v) is 2.70. The van der Waals surface area contributed by atoms with Gasteiger partial charge in [0.2, 0.25) is 0 Å². The molecule has 2 aromatic rings. The molecule has 0 amide bonds. The van der Waals surface area contributed by atoms with Gasteiger partial charge in [-0.2, -0.15) is 5.10 Å². The molecule has 0 aliphatic rings. The predicted octanol–water partition coefficient (Wildman–Crippen LogP) is 2.88. The second-order valence-electron chi connectivity index (χ2n) is 5.47. The van der Waals surface area contributed by atoms with Gasteiger partial charge in [0.25, 0.3) is 5.56 Å². The highest BCUT2D eigenvalue weighted by Crippen LogP contribution is 2.19. The number of hydrogen-bond donors (Lipinski definition) is 1. The average Bonchev–Trinajstić information content (AvgIpc) is 2.76. The van der Waals surface area contributed by atoms with E-state index in [1.807, 2.05) is 6.92 Å². The highest BCUT2D eigenvalue weighted by atomic mass is 16.1. The van der Waals surface area contributed by atoms with Crippen LogP contribution in [0.2, 0.25) is 0 Å². The number of unbranched alkanes of at least 4 members (excludes halogenated alkanes) is 2. The Hall–Kier alpha value is -1.65. The molecule has 0 radical (unpaired) electrons. The number of fused-ring (bicyclic) bond motifs is 1. The van der Waals surface area contributed by atoms with Crippen molar-refractivity contribution in [1.82, 2.24) is 19.6 Å². The number of nitrogens with one attached hydrogen (secondary N) is 1. The molecule has 5 nitrogen and oxygen atoms in total. The molecular formula is C15H24N4O. The molecule has 0 saturated heterocycles. The minimum absolute atomic E-state index is 0.115. The average molecular weight is 276 g/mol. The molecule has 0 bridgehead atoms. The summed E-state index contributed by atoms with van der Waals surface area (Å²) < 4.78 is 1.71. The second kappa shape index (κ2) is 6.68. The topological polar surface area (TPSA) is 63.0 Å². The van der Waals surface area contributed by atoms with Crippen LogP contribution in [0.25, 0.3) is 5.52 Å². The first kappa shape index (κ1) is 14.8. The molecule has 1 unspecified atom stereocenters. The smallest absolute Gasteiger partial charge is 0.277 e. The van der Waals surface area contributed by atoms with Crippen LogP contribution in [0.15, 0.2) is 11.1 Å². The lowest BCUT2D eigenvalue weighted by molar-refractivity contribution is 0.431. The minimum atomic E-state index is -0.115. The molecule has 0 aliphatic carbocycles. The standard InChI is InChI=1S/C15H24N4O/c1-4-6-7-8-12(5-2)9-13-18-11(3)14-15(20)16-10-17-19(13)14/h10,12H,4-9H2,1-3H3,(H,16,17,20). The highest BCUT2D eigenvalue weighted by molar-refractivity contribution is 5.49. The normalized spacial score (nSPS) is 12.9. The van der Waals surface area contributed by atoms with E-state index in [0.717, 1.165) is 24.4 Å². The molecule has 0 aromatic carbocycles. The van der Waals surface area contributed by atoms with Crippen LogP contribution < -0.4 is 5.56 Å². The van der Waals surface area contributed by atoms with Gasteiger partial charge >= 0.3 is 0 Å². The van der Waals surface area contributed by atoms with Crippen LogP contribution in [-0.2, 0) is 6.42 Å². The van der Waals surface area contributed by atoms with Crippen molar-refractivity contribution in [1.29, 1.82) is 0 Å². The van der Waals surface area contributed by atoms with Gasteiger partial charge in [0.1, 0.15) is 12.2 Å². The molecule has 5 heteroatoms. The molecule has 110 valence electrons. The zero-order valence-corrected chi connectivity index (χ0v) is 12.6. The van der Waals surface area contributed by atoms with Crippen LogP contribution in [0.5, 0.6) is 0 Å². The van der Waals surface area contributed by atoms with E-state index >= 15 is 0 Å². The number of H-pyrrole nitrogens is 1. The molecule has 0 saturated carbocycles. The molecule has 2 rings (SSSR count). The van der Waals surface area contributed by atoms with E-state index in [1.165, 1.54) is 32.0 Å². The quantitative estimate of drug-likeness (QED) is 0.791.